The molecule has 3 aromatic carbocycles. The van der Waals surface area contributed by atoms with E-state index in [1.54, 1.807) is 0 Å². The third kappa shape index (κ3) is 3.16. The molecule has 6 nitrogen and oxygen atoms in total. The van der Waals surface area contributed by atoms with Crippen molar-refractivity contribution >= 4 is 16.9 Å². The Morgan fingerprint density at radius 2 is 1.97 bits per heavy atom. The van der Waals surface area contributed by atoms with Crippen LogP contribution in [0.5, 0.6) is 11.5 Å². The molecule has 0 radical (unpaired) electrons. The number of hydrogen-bond acceptors (Lipinski definition) is 4. The lowest BCUT2D eigenvalue weighted by molar-refractivity contribution is -0.119. The summed E-state index contributed by atoms with van der Waals surface area (Å²) in [7, 11) is 0. The fraction of sp³-hybridized carbons (Fsp3) is 0.167. The number of ether oxygens (including phenoxy) is 2. The molecule has 4 aromatic rings. The molecule has 0 spiro atoms. The number of amides is 1. The number of aromatic nitrogens is 2. The standard InChI is InChI=1S/C24H21N3O3/c1-15(26-16(2)28)17-9-10-22-21(12-17)25-13-27(22)19-6-3-5-18(11-19)20-7-4-8-23-24(20)30-14-29-23/h3-13,15H,14H2,1-2H3,(H,26,28)/t15-/m1/s1. The van der Waals surface area contributed by atoms with Crippen LogP contribution in [0.4, 0.5) is 0 Å². The lowest BCUT2D eigenvalue weighted by Gasteiger charge is -2.13. The van der Waals surface area contributed by atoms with Crippen LogP contribution in [0.2, 0.25) is 0 Å². The minimum absolute atomic E-state index is 0.0493. The molecule has 5 rings (SSSR count). The topological polar surface area (TPSA) is 65.4 Å². The molecule has 0 fully saturated rings. The fourth-order valence-electron chi connectivity index (χ4n) is 3.87. The van der Waals surface area contributed by atoms with Gasteiger partial charge in [0.2, 0.25) is 12.7 Å². The van der Waals surface area contributed by atoms with Gasteiger partial charge in [-0.15, -0.1) is 0 Å². The zero-order valence-corrected chi connectivity index (χ0v) is 16.8. The van der Waals surface area contributed by atoms with Crippen LogP contribution < -0.4 is 14.8 Å². The van der Waals surface area contributed by atoms with Crippen molar-refractivity contribution in [1.82, 2.24) is 14.9 Å². The monoisotopic (exact) mass is 399 g/mol. The number of hydrogen-bond donors (Lipinski definition) is 1. The maximum Gasteiger partial charge on any atom is 0.231 e. The van der Waals surface area contributed by atoms with Crippen molar-refractivity contribution in [1.29, 1.82) is 0 Å². The second-order valence-electron chi connectivity index (χ2n) is 7.37. The molecule has 1 amide bonds. The summed E-state index contributed by atoms with van der Waals surface area (Å²) in [6.07, 6.45) is 1.83. The molecule has 1 aromatic heterocycles. The minimum Gasteiger partial charge on any atom is -0.454 e. The maximum absolute atomic E-state index is 11.4. The summed E-state index contributed by atoms with van der Waals surface area (Å²) in [5.41, 5.74) is 5.97. The SMILES string of the molecule is CC(=O)N[C@H](C)c1ccc2c(c1)ncn2-c1cccc(-c2cccc3c2OCO3)c1. The molecule has 30 heavy (non-hydrogen) atoms. The summed E-state index contributed by atoms with van der Waals surface area (Å²) in [6.45, 7) is 3.74. The lowest BCUT2D eigenvalue weighted by Crippen LogP contribution is -2.23. The lowest BCUT2D eigenvalue weighted by atomic mass is 10.0. The van der Waals surface area contributed by atoms with Crippen LogP contribution in [0.3, 0.4) is 0 Å². The summed E-state index contributed by atoms with van der Waals surface area (Å²) in [4.78, 5) is 15.9. The number of benzene rings is 3. The van der Waals surface area contributed by atoms with E-state index in [0.29, 0.717) is 0 Å². The molecule has 6 heteroatoms. The van der Waals surface area contributed by atoms with Gasteiger partial charge in [-0.2, -0.15) is 0 Å². The highest BCUT2D eigenvalue weighted by Crippen LogP contribution is 2.41. The van der Waals surface area contributed by atoms with Gasteiger partial charge in [-0.3, -0.25) is 9.36 Å². The average Bonchev–Trinajstić information content (AvgIpc) is 3.39. The van der Waals surface area contributed by atoms with Crippen molar-refractivity contribution in [3.63, 3.8) is 0 Å². The van der Waals surface area contributed by atoms with Gasteiger partial charge in [0.15, 0.2) is 11.5 Å². The molecule has 0 unspecified atom stereocenters. The van der Waals surface area contributed by atoms with E-state index in [1.807, 2.05) is 55.7 Å². The summed E-state index contributed by atoms with van der Waals surface area (Å²) in [5, 5.41) is 2.91. The predicted octanol–water partition coefficient (Wildman–Crippen LogP) is 4.62. The van der Waals surface area contributed by atoms with Crippen molar-refractivity contribution in [2.24, 2.45) is 0 Å². The van der Waals surface area contributed by atoms with E-state index in [-0.39, 0.29) is 18.7 Å². The smallest absolute Gasteiger partial charge is 0.231 e. The highest BCUT2D eigenvalue weighted by molar-refractivity contribution is 5.80. The van der Waals surface area contributed by atoms with Crippen LogP contribution in [-0.2, 0) is 4.79 Å². The molecule has 1 N–H and O–H groups in total. The van der Waals surface area contributed by atoms with Gasteiger partial charge in [0, 0.05) is 18.2 Å². The number of nitrogens with zero attached hydrogens (tertiary/aromatic N) is 2. The van der Waals surface area contributed by atoms with E-state index >= 15 is 0 Å². The molecule has 2 heterocycles. The minimum atomic E-state index is -0.0669. The van der Waals surface area contributed by atoms with E-state index in [0.717, 1.165) is 44.9 Å². The molecule has 1 aliphatic heterocycles. The number of para-hydroxylation sites is 1. The molecule has 0 saturated heterocycles. The number of nitrogens with one attached hydrogen (secondary N) is 1. The van der Waals surface area contributed by atoms with E-state index < -0.39 is 0 Å². The molecule has 0 saturated carbocycles. The van der Waals surface area contributed by atoms with Crippen LogP contribution in [0.1, 0.15) is 25.5 Å². The highest BCUT2D eigenvalue weighted by atomic mass is 16.7. The number of imidazole rings is 1. The maximum atomic E-state index is 11.4. The van der Waals surface area contributed by atoms with Crippen molar-refractivity contribution in [2.75, 3.05) is 6.79 Å². The quantitative estimate of drug-likeness (QED) is 0.544. The first-order chi connectivity index (χ1) is 14.6. The Morgan fingerprint density at radius 3 is 2.83 bits per heavy atom. The predicted molar refractivity (Wildman–Crippen MR) is 115 cm³/mol. The Bertz CT molecular complexity index is 1260. The van der Waals surface area contributed by atoms with Gasteiger partial charge in [-0.05, 0) is 48.4 Å². The van der Waals surface area contributed by atoms with Crippen LogP contribution in [0.25, 0.3) is 27.8 Å². The van der Waals surface area contributed by atoms with Gasteiger partial charge in [0.05, 0.1) is 17.1 Å². The van der Waals surface area contributed by atoms with Gasteiger partial charge in [0.1, 0.15) is 6.33 Å². The van der Waals surface area contributed by atoms with Crippen LogP contribution in [0, 0.1) is 0 Å². The van der Waals surface area contributed by atoms with E-state index in [2.05, 4.69) is 33.1 Å². The highest BCUT2D eigenvalue weighted by Gasteiger charge is 2.18. The summed E-state index contributed by atoms with van der Waals surface area (Å²) in [6, 6.07) is 20.2. The van der Waals surface area contributed by atoms with Gasteiger partial charge in [0.25, 0.3) is 0 Å². The molecular formula is C24H21N3O3. The van der Waals surface area contributed by atoms with Crippen LogP contribution in [0.15, 0.2) is 67.0 Å². The van der Waals surface area contributed by atoms with Crippen LogP contribution >= 0.6 is 0 Å². The number of carbonyl (C=O) groups excluding carboxylic acids is 1. The van der Waals surface area contributed by atoms with E-state index in [9.17, 15) is 4.79 Å². The van der Waals surface area contributed by atoms with Crippen LogP contribution in [-0.4, -0.2) is 22.3 Å². The molecule has 0 bridgehead atoms. The number of fused-ring (bicyclic) bond motifs is 2. The molecule has 0 aliphatic carbocycles. The fourth-order valence-corrected chi connectivity index (χ4v) is 3.87. The normalized spacial score (nSPS) is 13.4. The van der Waals surface area contributed by atoms with Gasteiger partial charge in [-0.1, -0.05) is 30.3 Å². The van der Waals surface area contributed by atoms with Crippen molar-refractivity contribution < 1.29 is 14.3 Å². The third-order valence-corrected chi connectivity index (χ3v) is 5.32. The van der Waals surface area contributed by atoms with Crippen molar-refractivity contribution in [3.8, 4) is 28.3 Å². The van der Waals surface area contributed by atoms with Gasteiger partial charge in [-0.25, -0.2) is 4.98 Å². The largest absolute Gasteiger partial charge is 0.454 e. The molecule has 150 valence electrons. The first-order valence-electron chi connectivity index (χ1n) is 9.84. The Kier molecular flexibility index (Phi) is 4.39. The van der Waals surface area contributed by atoms with Crippen molar-refractivity contribution in [2.45, 2.75) is 19.9 Å². The first-order valence-corrected chi connectivity index (χ1v) is 9.84. The van der Waals surface area contributed by atoms with E-state index in [4.69, 9.17) is 9.47 Å². The number of rotatable bonds is 4. The Labute approximate surface area is 174 Å². The average molecular weight is 399 g/mol. The zero-order chi connectivity index (χ0) is 20.7. The Morgan fingerprint density at radius 1 is 1.10 bits per heavy atom. The Balaban J connectivity index is 1.53. The Hall–Kier alpha value is -3.80. The van der Waals surface area contributed by atoms with Crippen molar-refractivity contribution in [3.05, 3.63) is 72.6 Å². The molecular weight excluding hydrogens is 378 g/mol. The second kappa shape index (κ2) is 7.22. The first kappa shape index (κ1) is 18.2. The van der Waals surface area contributed by atoms with Gasteiger partial charge < -0.3 is 14.8 Å². The zero-order valence-electron chi connectivity index (χ0n) is 16.8. The number of carbonyl (C=O) groups is 1. The van der Waals surface area contributed by atoms with E-state index in [1.165, 1.54) is 6.92 Å². The van der Waals surface area contributed by atoms with Gasteiger partial charge >= 0.3 is 0 Å². The summed E-state index contributed by atoms with van der Waals surface area (Å²) < 4.78 is 13.2. The second-order valence-corrected chi connectivity index (χ2v) is 7.37. The summed E-state index contributed by atoms with van der Waals surface area (Å²) in [5.74, 6) is 1.50. The third-order valence-electron chi connectivity index (χ3n) is 5.32. The molecule has 1 aliphatic rings. The summed E-state index contributed by atoms with van der Waals surface area (Å²) >= 11 is 0. The molecule has 1 atom stereocenters.